The van der Waals surface area contributed by atoms with E-state index < -0.39 is 0 Å². The van der Waals surface area contributed by atoms with Crippen molar-refractivity contribution >= 4 is 17.3 Å². The number of benzene rings is 1. The van der Waals surface area contributed by atoms with E-state index in [1.165, 1.54) is 24.9 Å². The first kappa shape index (κ1) is 19.8. The fourth-order valence-electron chi connectivity index (χ4n) is 3.50. The molecule has 1 saturated heterocycles. The first-order chi connectivity index (χ1) is 13.2. The van der Waals surface area contributed by atoms with Crippen LogP contribution in [0.2, 0.25) is 0 Å². The third-order valence-electron chi connectivity index (χ3n) is 4.87. The molecule has 2 N–H and O–H groups in total. The van der Waals surface area contributed by atoms with E-state index in [0.29, 0.717) is 6.04 Å². The molecule has 0 radical (unpaired) electrons. The van der Waals surface area contributed by atoms with Crippen LogP contribution < -0.4 is 10.6 Å². The molecule has 1 aliphatic heterocycles. The Bertz CT molecular complexity index is 712. The minimum atomic E-state index is 0.529. The Hall–Kier alpha value is -1.92. The summed E-state index contributed by atoms with van der Waals surface area (Å²) in [6, 6.07) is 11.3. The maximum absolute atomic E-state index is 4.86. The average molecular weight is 386 g/mol. The van der Waals surface area contributed by atoms with Crippen molar-refractivity contribution in [1.29, 1.82) is 0 Å². The van der Waals surface area contributed by atoms with Crippen molar-refractivity contribution in [3.63, 3.8) is 0 Å². The Morgan fingerprint density at radius 1 is 1.30 bits per heavy atom. The molecule has 1 fully saturated rings. The Kier molecular flexibility index (Phi) is 7.66. The third kappa shape index (κ3) is 6.33. The van der Waals surface area contributed by atoms with Gasteiger partial charge >= 0.3 is 0 Å². The zero-order valence-corrected chi connectivity index (χ0v) is 17.3. The predicted octanol–water partition coefficient (Wildman–Crippen LogP) is 3.21. The van der Waals surface area contributed by atoms with E-state index in [-0.39, 0.29) is 0 Å². The molecule has 0 amide bonds. The van der Waals surface area contributed by atoms with Gasteiger partial charge in [-0.1, -0.05) is 30.3 Å². The molecule has 0 bridgehead atoms. The van der Waals surface area contributed by atoms with Gasteiger partial charge in [0.05, 0.1) is 17.2 Å². The number of likely N-dealkylation sites (tertiary alicyclic amines) is 1. The summed E-state index contributed by atoms with van der Waals surface area (Å²) in [6.07, 6.45) is 3.42. The van der Waals surface area contributed by atoms with Gasteiger partial charge in [-0.3, -0.25) is 9.89 Å². The Morgan fingerprint density at radius 3 is 2.89 bits per heavy atom. The summed E-state index contributed by atoms with van der Waals surface area (Å²) in [5.74, 6) is 0.913. The Labute approximate surface area is 166 Å². The molecule has 6 heteroatoms. The predicted molar refractivity (Wildman–Crippen MR) is 114 cm³/mol. The van der Waals surface area contributed by atoms with E-state index in [0.717, 1.165) is 49.3 Å². The van der Waals surface area contributed by atoms with Gasteiger partial charge in [0.25, 0.3) is 0 Å². The summed E-state index contributed by atoms with van der Waals surface area (Å²) in [5.41, 5.74) is 2.54. The van der Waals surface area contributed by atoms with Gasteiger partial charge in [-0.25, -0.2) is 4.98 Å². The summed E-state index contributed by atoms with van der Waals surface area (Å²) >= 11 is 1.71. The number of nitrogens with zero attached hydrogens (tertiary/aromatic N) is 3. The number of nitrogens with one attached hydrogen (secondary N) is 2. The Morgan fingerprint density at radius 2 is 2.15 bits per heavy atom. The lowest BCUT2D eigenvalue weighted by atomic mass is 10.2. The topological polar surface area (TPSA) is 52.6 Å². The van der Waals surface area contributed by atoms with E-state index in [4.69, 9.17) is 4.99 Å². The second-order valence-corrected chi connectivity index (χ2v) is 8.07. The van der Waals surface area contributed by atoms with Crippen molar-refractivity contribution < 1.29 is 0 Å². The number of rotatable bonds is 8. The van der Waals surface area contributed by atoms with Crippen LogP contribution in [0.3, 0.4) is 0 Å². The van der Waals surface area contributed by atoms with Gasteiger partial charge in [-0.05, 0) is 38.8 Å². The van der Waals surface area contributed by atoms with Gasteiger partial charge in [0, 0.05) is 37.5 Å². The maximum Gasteiger partial charge on any atom is 0.191 e. The van der Waals surface area contributed by atoms with E-state index in [2.05, 4.69) is 70.1 Å². The highest BCUT2D eigenvalue weighted by molar-refractivity contribution is 7.09. The lowest BCUT2D eigenvalue weighted by Crippen LogP contribution is -2.40. The van der Waals surface area contributed by atoms with Crippen molar-refractivity contribution in [1.82, 2.24) is 20.5 Å². The van der Waals surface area contributed by atoms with Crippen LogP contribution in [0.1, 0.15) is 36.0 Å². The molecule has 1 unspecified atom stereocenters. The van der Waals surface area contributed by atoms with Crippen molar-refractivity contribution in [3.05, 3.63) is 52.0 Å². The molecular weight excluding hydrogens is 354 g/mol. The minimum absolute atomic E-state index is 0.529. The van der Waals surface area contributed by atoms with E-state index in [1.54, 1.807) is 11.3 Å². The molecule has 1 aliphatic rings. The molecule has 2 heterocycles. The number of aryl methyl sites for hydroxylation is 1. The number of guanidine groups is 1. The monoisotopic (exact) mass is 385 g/mol. The molecule has 0 spiro atoms. The first-order valence-electron chi connectivity index (χ1n) is 9.95. The van der Waals surface area contributed by atoms with Crippen LogP contribution in [0.25, 0.3) is 0 Å². The SMILES string of the molecule is CCNC(=NCC1CCCN1Cc1ccccc1)NCCc1csc(C)n1. The fourth-order valence-corrected chi connectivity index (χ4v) is 4.15. The quantitative estimate of drug-likeness (QED) is 0.541. The van der Waals surface area contributed by atoms with E-state index in [1.807, 2.05) is 0 Å². The van der Waals surface area contributed by atoms with Crippen LogP contribution in [0, 0.1) is 6.92 Å². The standard InChI is InChI=1S/C21H31N5S/c1-3-22-21(23-12-11-19-16-27-17(2)25-19)24-14-20-10-7-13-26(20)15-18-8-5-4-6-9-18/h4-6,8-9,16,20H,3,7,10-15H2,1-2H3,(H2,22,23,24). The average Bonchev–Trinajstić information content (AvgIpc) is 3.29. The number of aliphatic imine (C=N–C) groups is 1. The fraction of sp³-hybridized carbons (Fsp3) is 0.524. The molecule has 27 heavy (non-hydrogen) atoms. The number of hydrogen-bond donors (Lipinski definition) is 2. The molecule has 0 aliphatic carbocycles. The van der Waals surface area contributed by atoms with Crippen molar-refractivity contribution in [3.8, 4) is 0 Å². The molecule has 3 rings (SSSR count). The smallest absolute Gasteiger partial charge is 0.191 e. The van der Waals surface area contributed by atoms with Crippen LogP contribution >= 0.6 is 11.3 Å². The lowest BCUT2D eigenvalue weighted by Gasteiger charge is -2.23. The molecule has 1 aromatic heterocycles. The van der Waals surface area contributed by atoms with Crippen LogP contribution in [0.5, 0.6) is 0 Å². The first-order valence-corrected chi connectivity index (χ1v) is 10.8. The van der Waals surface area contributed by atoms with E-state index >= 15 is 0 Å². The van der Waals surface area contributed by atoms with Crippen molar-refractivity contribution in [2.45, 2.75) is 45.7 Å². The van der Waals surface area contributed by atoms with Crippen molar-refractivity contribution in [2.75, 3.05) is 26.2 Å². The second-order valence-electron chi connectivity index (χ2n) is 7.01. The van der Waals surface area contributed by atoms with Crippen molar-refractivity contribution in [2.24, 2.45) is 4.99 Å². The van der Waals surface area contributed by atoms with Gasteiger partial charge in [-0.15, -0.1) is 11.3 Å². The molecular formula is C21H31N5S. The normalized spacial score (nSPS) is 18.0. The highest BCUT2D eigenvalue weighted by atomic mass is 32.1. The van der Waals surface area contributed by atoms with Gasteiger partial charge < -0.3 is 10.6 Å². The maximum atomic E-state index is 4.86. The molecule has 1 atom stereocenters. The summed E-state index contributed by atoms with van der Waals surface area (Å²) in [4.78, 5) is 12.0. The largest absolute Gasteiger partial charge is 0.357 e. The molecule has 5 nitrogen and oxygen atoms in total. The minimum Gasteiger partial charge on any atom is -0.357 e. The summed E-state index contributed by atoms with van der Waals surface area (Å²) < 4.78 is 0. The highest BCUT2D eigenvalue weighted by Gasteiger charge is 2.24. The van der Waals surface area contributed by atoms with Crippen LogP contribution in [-0.4, -0.2) is 48.1 Å². The molecule has 1 aromatic carbocycles. The van der Waals surface area contributed by atoms with Gasteiger partial charge in [0.1, 0.15) is 0 Å². The summed E-state index contributed by atoms with van der Waals surface area (Å²) in [5, 5.41) is 10.1. The molecule has 0 saturated carbocycles. The second kappa shape index (κ2) is 10.4. The van der Waals surface area contributed by atoms with Crippen LogP contribution in [0.15, 0.2) is 40.7 Å². The lowest BCUT2D eigenvalue weighted by molar-refractivity contribution is 0.250. The summed E-state index contributed by atoms with van der Waals surface area (Å²) in [7, 11) is 0. The Balaban J connectivity index is 1.50. The van der Waals surface area contributed by atoms with E-state index in [9.17, 15) is 0 Å². The van der Waals surface area contributed by atoms with Crippen LogP contribution in [0.4, 0.5) is 0 Å². The van der Waals surface area contributed by atoms with Crippen LogP contribution in [-0.2, 0) is 13.0 Å². The molecule has 146 valence electrons. The molecule has 2 aromatic rings. The number of hydrogen-bond acceptors (Lipinski definition) is 4. The van der Waals surface area contributed by atoms with Gasteiger partial charge in [0.2, 0.25) is 0 Å². The van der Waals surface area contributed by atoms with Gasteiger partial charge in [0.15, 0.2) is 5.96 Å². The third-order valence-corrected chi connectivity index (χ3v) is 5.69. The number of thiazole rings is 1. The number of aromatic nitrogens is 1. The zero-order chi connectivity index (χ0) is 18.9. The zero-order valence-electron chi connectivity index (χ0n) is 16.4. The summed E-state index contributed by atoms with van der Waals surface area (Å²) in [6.45, 7) is 8.93. The highest BCUT2D eigenvalue weighted by Crippen LogP contribution is 2.20. The van der Waals surface area contributed by atoms with Gasteiger partial charge in [-0.2, -0.15) is 0 Å².